The molecule has 0 saturated heterocycles. The quantitative estimate of drug-likeness (QED) is 0.517. The van der Waals surface area contributed by atoms with Crippen molar-refractivity contribution in [2.24, 2.45) is 0 Å². The molecule has 0 fully saturated rings. The van der Waals surface area contributed by atoms with Crippen molar-refractivity contribution >= 4 is 28.0 Å². The van der Waals surface area contributed by atoms with E-state index in [-0.39, 0.29) is 28.4 Å². The molecular formula is C22H12N2O4. The minimum Gasteiger partial charge on any atom is -0.289 e. The molecule has 2 heterocycles. The summed E-state index contributed by atoms with van der Waals surface area (Å²) in [7, 11) is 0. The Morgan fingerprint density at radius 3 is 1.71 bits per heavy atom. The molecule has 3 aromatic carbocycles. The Morgan fingerprint density at radius 2 is 1.11 bits per heavy atom. The highest BCUT2D eigenvalue weighted by atomic mass is 16.2. The molecular weight excluding hydrogens is 356 g/mol. The lowest BCUT2D eigenvalue weighted by Gasteiger charge is -2.20. The zero-order valence-corrected chi connectivity index (χ0v) is 14.4. The predicted molar refractivity (Wildman–Crippen MR) is 104 cm³/mol. The van der Waals surface area contributed by atoms with Gasteiger partial charge < -0.3 is 0 Å². The average Bonchev–Trinajstić information content (AvgIpc) is 2.91. The standard InChI is InChI=1S/C22H12N2O4/c25-19-14-4-1-2-5-15(14)20(26)18-16(19)6-3-7-17(18)23-24-21(27)12-8-9-13(11-10-12)22(24)28/h1-11,23H. The summed E-state index contributed by atoms with van der Waals surface area (Å²) in [5, 5.41) is 0.694. The molecule has 0 amide bonds. The number of nitrogens with one attached hydrogen (secondary N) is 1. The number of hydrogen-bond donors (Lipinski definition) is 1. The van der Waals surface area contributed by atoms with Crippen molar-refractivity contribution in [2.75, 3.05) is 5.43 Å². The largest absolute Gasteiger partial charge is 0.289 e. The summed E-state index contributed by atoms with van der Waals surface area (Å²) in [6.45, 7) is 0. The smallest absolute Gasteiger partial charge is 0.279 e. The van der Waals surface area contributed by atoms with Crippen LogP contribution in [0.2, 0.25) is 0 Å². The summed E-state index contributed by atoms with van der Waals surface area (Å²) in [4.78, 5) is 51.2. The van der Waals surface area contributed by atoms with Crippen molar-refractivity contribution in [1.82, 2.24) is 4.68 Å². The first-order valence-electron chi connectivity index (χ1n) is 8.63. The van der Waals surface area contributed by atoms with E-state index in [1.54, 1.807) is 66.7 Å². The van der Waals surface area contributed by atoms with Crippen LogP contribution in [0.15, 0.2) is 76.3 Å². The van der Waals surface area contributed by atoms with Crippen molar-refractivity contribution in [3.8, 4) is 0 Å². The zero-order chi connectivity index (χ0) is 19.4. The lowest BCUT2D eigenvalue weighted by molar-refractivity contribution is 0.0979. The van der Waals surface area contributed by atoms with Crippen molar-refractivity contribution < 1.29 is 9.59 Å². The van der Waals surface area contributed by atoms with Gasteiger partial charge in [-0.25, -0.2) is 0 Å². The van der Waals surface area contributed by atoms with Crippen molar-refractivity contribution in [2.45, 2.75) is 0 Å². The fraction of sp³-hybridized carbons (Fsp3) is 0. The number of fused-ring (bicyclic) bond motifs is 6. The molecule has 6 nitrogen and oxygen atoms in total. The number of nitrogens with zero attached hydrogens (tertiary/aromatic N) is 1. The molecule has 0 unspecified atom stereocenters. The molecule has 1 aliphatic carbocycles. The summed E-state index contributed by atoms with van der Waals surface area (Å²) >= 11 is 0. The predicted octanol–water partition coefficient (Wildman–Crippen LogP) is 2.45. The zero-order valence-electron chi connectivity index (χ0n) is 14.4. The highest BCUT2D eigenvalue weighted by Gasteiger charge is 2.31. The van der Waals surface area contributed by atoms with Crippen LogP contribution >= 0.6 is 0 Å². The van der Waals surface area contributed by atoms with Gasteiger partial charge in [0.15, 0.2) is 11.6 Å². The van der Waals surface area contributed by atoms with Gasteiger partial charge in [0.2, 0.25) is 0 Å². The van der Waals surface area contributed by atoms with Gasteiger partial charge in [0.05, 0.1) is 11.3 Å². The highest BCUT2D eigenvalue weighted by Crippen LogP contribution is 2.31. The van der Waals surface area contributed by atoms with E-state index in [9.17, 15) is 19.2 Å². The van der Waals surface area contributed by atoms with Gasteiger partial charge in [-0.3, -0.25) is 24.6 Å². The van der Waals surface area contributed by atoms with Gasteiger partial charge in [-0.05, 0) is 30.3 Å². The first-order valence-corrected chi connectivity index (χ1v) is 8.63. The van der Waals surface area contributed by atoms with E-state index in [0.29, 0.717) is 21.9 Å². The molecule has 1 N–H and O–H groups in total. The third-order valence-electron chi connectivity index (χ3n) is 4.97. The molecule has 134 valence electrons. The molecule has 2 aromatic heterocycles. The van der Waals surface area contributed by atoms with E-state index in [2.05, 4.69) is 5.43 Å². The molecule has 0 spiro atoms. The molecule has 28 heavy (non-hydrogen) atoms. The van der Waals surface area contributed by atoms with Crippen LogP contribution < -0.4 is 16.5 Å². The SMILES string of the molecule is O=C1c2ccccc2C(=O)c2c(Nn3c(=O)c4ccc(cc4)c3=O)cccc21. The van der Waals surface area contributed by atoms with E-state index in [4.69, 9.17) is 0 Å². The highest BCUT2D eigenvalue weighted by molar-refractivity contribution is 6.30. The second-order valence-electron chi connectivity index (χ2n) is 6.57. The second kappa shape index (κ2) is 5.72. The molecule has 5 aromatic rings. The number of ketones is 2. The topological polar surface area (TPSA) is 85.2 Å². The van der Waals surface area contributed by atoms with Crippen molar-refractivity contribution in [1.29, 1.82) is 0 Å². The minimum absolute atomic E-state index is 0.152. The van der Waals surface area contributed by atoms with E-state index < -0.39 is 11.1 Å². The van der Waals surface area contributed by atoms with Crippen LogP contribution in [0.1, 0.15) is 31.8 Å². The first kappa shape index (κ1) is 16.1. The molecule has 1 aliphatic rings. The Balaban J connectivity index is 1.74. The lowest BCUT2D eigenvalue weighted by Crippen LogP contribution is -2.36. The van der Waals surface area contributed by atoms with Gasteiger partial charge in [-0.2, -0.15) is 4.68 Å². The normalized spacial score (nSPS) is 12.7. The van der Waals surface area contributed by atoms with Crippen LogP contribution in [0.3, 0.4) is 0 Å². The summed E-state index contributed by atoms with van der Waals surface area (Å²) in [5.41, 5.74) is 2.98. The number of anilines is 1. The van der Waals surface area contributed by atoms with Crippen molar-refractivity contribution in [3.63, 3.8) is 0 Å². The summed E-state index contributed by atoms with van der Waals surface area (Å²) < 4.78 is 0.874. The maximum atomic E-state index is 13.1. The molecule has 0 radical (unpaired) electrons. The van der Waals surface area contributed by atoms with Crippen LogP contribution in [-0.4, -0.2) is 16.2 Å². The van der Waals surface area contributed by atoms with Gasteiger partial charge in [-0.15, -0.1) is 0 Å². The van der Waals surface area contributed by atoms with E-state index in [1.807, 2.05) is 0 Å². The number of carbonyl (C=O) groups is 2. The van der Waals surface area contributed by atoms with E-state index in [0.717, 1.165) is 4.68 Å². The van der Waals surface area contributed by atoms with Gasteiger partial charge in [-0.1, -0.05) is 36.4 Å². The average molecular weight is 368 g/mol. The third kappa shape index (κ3) is 2.15. The monoisotopic (exact) mass is 368 g/mol. The summed E-state index contributed by atoms with van der Waals surface area (Å²) in [6, 6.07) is 17.6. The number of rotatable bonds is 2. The fourth-order valence-corrected chi connectivity index (χ4v) is 3.57. The van der Waals surface area contributed by atoms with Gasteiger partial charge in [0, 0.05) is 27.5 Å². The van der Waals surface area contributed by atoms with Gasteiger partial charge >= 0.3 is 0 Å². The van der Waals surface area contributed by atoms with Crippen LogP contribution in [0.5, 0.6) is 0 Å². The maximum absolute atomic E-state index is 13.1. The van der Waals surface area contributed by atoms with Gasteiger partial charge in [0.25, 0.3) is 11.1 Å². The number of carbonyl (C=O) groups excluding carboxylic acids is 2. The van der Waals surface area contributed by atoms with E-state index in [1.165, 1.54) is 0 Å². The molecule has 6 heteroatoms. The minimum atomic E-state index is -0.530. The van der Waals surface area contributed by atoms with Crippen LogP contribution in [0, 0.1) is 0 Å². The Bertz CT molecular complexity index is 1350. The van der Waals surface area contributed by atoms with Crippen LogP contribution in [-0.2, 0) is 0 Å². The first-order chi connectivity index (χ1) is 13.6. The summed E-state index contributed by atoms with van der Waals surface area (Å²) in [6.07, 6.45) is 0. The molecule has 2 bridgehead atoms. The second-order valence-corrected chi connectivity index (χ2v) is 6.57. The van der Waals surface area contributed by atoms with Crippen molar-refractivity contribution in [3.05, 3.63) is 110 Å². The maximum Gasteiger partial charge on any atom is 0.279 e. The van der Waals surface area contributed by atoms with Gasteiger partial charge in [0.1, 0.15) is 0 Å². The third-order valence-corrected chi connectivity index (χ3v) is 4.97. The Hall–Kier alpha value is -4.06. The summed E-state index contributed by atoms with van der Waals surface area (Å²) in [5.74, 6) is -0.600. The van der Waals surface area contributed by atoms with Crippen LogP contribution in [0.25, 0.3) is 10.8 Å². The fourth-order valence-electron chi connectivity index (χ4n) is 3.57. The number of hydrogen-bond acceptors (Lipinski definition) is 5. The lowest BCUT2D eigenvalue weighted by atomic mass is 9.83. The molecule has 0 aliphatic heterocycles. The number of benzene rings is 3. The van der Waals surface area contributed by atoms with Crippen LogP contribution in [0.4, 0.5) is 5.69 Å². The molecule has 6 rings (SSSR count). The molecule has 0 saturated carbocycles. The molecule has 0 atom stereocenters. The number of aromatic nitrogens is 1. The Kier molecular flexibility index (Phi) is 3.30. The van der Waals surface area contributed by atoms with E-state index >= 15 is 0 Å². The Labute approximate surface area is 158 Å². The Morgan fingerprint density at radius 1 is 0.571 bits per heavy atom.